The molecule has 108 valence electrons. The molecule has 1 aromatic carbocycles. The van der Waals surface area contributed by atoms with Crippen LogP contribution < -0.4 is 5.32 Å². The number of hydrogen-bond acceptors (Lipinski definition) is 3. The zero-order valence-electron chi connectivity index (χ0n) is 11.0. The lowest BCUT2D eigenvalue weighted by atomic mass is 10.2. The van der Waals surface area contributed by atoms with Gasteiger partial charge in [0, 0.05) is 37.9 Å². The van der Waals surface area contributed by atoms with Crippen molar-refractivity contribution in [2.75, 3.05) is 19.8 Å². The van der Waals surface area contributed by atoms with Crippen molar-refractivity contribution in [2.45, 2.75) is 26.7 Å². The van der Waals surface area contributed by atoms with Crippen LogP contribution in [0, 0.1) is 17.5 Å². The molecule has 1 aromatic rings. The van der Waals surface area contributed by atoms with Crippen molar-refractivity contribution in [3.63, 3.8) is 0 Å². The molecule has 0 saturated heterocycles. The van der Waals surface area contributed by atoms with Gasteiger partial charge in [0.15, 0.2) is 17.9 Å². The molecule has 0 radical (unpaired) electrons. The van der Waals surface area contributed by atoms with Gasteiger partial charge in [0.05, 0.1) is 0 Å². The highest BCUT2D eigenvalue weighted by Gasteiger charge is 2.11. The molecule has 0 aliphatic rings. The number of nitrogens with one attached hydrogen (secondary N) is 1. The van der Waals surface area contributed by atoms with Gasteiger partial charge in [-0.15, -0.1) is 0 Å². The van der Waals surface area contributed by atoms with Crippen LogP contribution >= 0.6 is 0 Å². The molecule has 0 unspecified atom stereocenters. The van der Waals surface area contributed by atoms with Gasteiger partial charge >= 0.3 is 0 Å². The van der Waals surface area contributed by atoms with Crippen LogP contribution in [0.4, 0.5) is 13.2 Å². The minimum Gasteiger partial charge on any atom is -0.352 e. The van der Waals surface area contributed by atoms with Gasteiger partial charge in [0.25, 0.3) is 0 Å². The number of ether oxygens (including phenoxy) is 2. The second-order valence-corrected chi connectivity index (χ2v) is 3.83. The summed E-state index contributed by atoms with van der Waals surface area (Å²) in [5.74, 6) is -3.04. The quantitative estimate of drug-likeness (QED) is 0.585. The molecule has 0 heterocycles. The van der Waals surface area contributed by atoms with Crippen molar-refractivity contribution in [1.82, 2.24) is 5.32 Å². The third-order valence-corrected chi connectivity index (χ3v) is 2.42. The minimum absolute atomic E-state index is 0.0608. The average molecular weight is 277 g/mol. The summed E-state index contributed by atoms with van der Waals surface area (Å²) < 4.78 is 49.6. The molecular formula is C13H18F3NO2. The van der Waals surface area contributed by atoms with E-state index < -0.39 is 23.7 Å². The first-order valence-electron chi connectivity index (χ1n) is 6.15. The van der Waals surface area contributed by atoms with Crippen LogP contribution in [-0.4, -0.2) is 26.0 Å². The molecule has 0 aliphatic carbocycles. The zero-order chi connectivity index (χ0) is 14.3. The van der Waals surface area contributed by atoms with Crippen LogP contribution in [-0.2, 0) is 16.0 Å². The molecule has 19 heavy (non-hydrogen) atoms. The van der Waals surface area contributed by atoms with E-state index in [1.807, 2.05) is 13.8 Å². The summed E-state index contributed by atoms with van der Waals surface area (Å²) in [6.45, 7) is 5.06. The SMILES string of the molecule is CCOC(CNCc1cc(F)c(F)cc1F)OCC. The number of hydrogen-bond donors (Lipinski definition) is 1. The maximum Gasteiger partial charge on any atom is 0.169 e. The lowest BCUT2D eigenvalue weighted by Gasteiger charge is -2.17. The highest BCUT2D eigenvalue weighted by Crippen LogP contribution is 2.13. The fourth-order valence-electron chi connectivity index (χ4n) is 1.56. The van der Waals surface area contributed by atoms with E-state index in [1.165, 1.54) is 0 Å². The first-order chi connectivity index (χ1) is 9.08. The van der Waals surface area contributed by atoms with E-state index in [9.17, 15) is 13.2 Å². The van der Waals surface area contributed by atoms with E-state index >= 15 is 0 Å². The van der Waals surface area contributed by atoms with Crippen molar-refractivity contribution in [1.29, 1.82) is 0 Å². The monoisotopic (exact) mass is 277 g/mol. The molecule has 6 heteroatoms. The maximum absolute atomic E-state index is 13.3. The van der Waals surface area contributed by atoms with Crippen LogP contribution in [0.2, 0.25) is 0 Å². The topological polar surface area (TPSA) is 30.5 Å². The van der Waals surface area contributed by atoms with Crippen molar-refractivity contribution in [2.24, 2.45) is 0 Å². The molecule has 0 fully saturated rings. The number of halogens is 3. The van der Waals surface area contributed by atoms with Gasteiger partial charge in [-0.25, -0.2) is 13.2 Å². The smallest absolute Gasteiger partial charge is 0.169 e. The van der Waals surface area contributed by atoms with Crippen molar-refractivity contribution in [3.8, 4) is 0 Å². The third kappa shape index (κ3) is 5.18. The lowest BCUT2D eigenvalue weighted by molar-refractivity contribution is -0.133. The molecule has 1 rings (SSSR count). The Labute approximate surface area is 110 Å². The average Bonchev–Trinajstić information content (AvgIpc) is 2.36. The number of benzene rings is 1. The van der Waals surface area contributed by atoms with E-state index in [-0.39, 0.29) is 12.1 Å². The first kappa shape index (κ1) is 15.9. The minimum atomic E-state index is -1.19. The number of rotatable bonds is 8. The highest BCUT2D eigenvalue weighted by molar-refractivity contribution is 5.19. The van der Waals surface area contributed by atoms with Crippen LogP contribution in [0.5, 0.6) is 0 Å². The Kier molecular flexibility index (Phi) is 6.83. The Balaban J connectivity index is 2.50. The Morgan fingerprint density at radius 1 is 1.00 bits per heavy atom. The molecule has 0 bridgehead atoms. The summed E-state index contributed by atoms with van der Waals surface area (Å²) in [7, 11) is 0. The van der Waals surface area contributed by atoms with Crippen molar-refractivity contribution >= 4 is 0 Å². The van der Waals surface area contributed by atoms with E-state index in [0.29, 0.717) is 25.8 Å². The summed E-state index contributed by atoms with van der Waals surface area (Å²) in [6, 6.07) is 1.38. The molecule has 1 N–H and O–H groups in total. The Hall–Kier alpha value is -1.11. The molecule has 3 nitrogen and oxygen atoms in total. The summed E-state index contributed by atoms with van der Waals surface area (Å²) in [5.41, 5.74) is 0.0608. The highest BCUT2D eigenvalue weighted by atomic mass is 19.2. The van der Waals surface area contributed by atoms with E-state index in [0.717, 1.165) is 6.07 Å². The van der Waals surface area contributed by atoms with E-state index in [4.69, 9.17) is 9.47 Å². The Bertz CT molecular complexity index is 396. The van der Waals surface area contributed by atoms with Crippen molar-refractivity contribution < 1.29 is 22.6 Å². The molecule has 0 spiro atoms. The molecule has 0 aliphatic heterocycles. The molecular weight excluding hydrogens is 259 g/mol. The molecule has 0 saturated carbocycles. The standard InChI is InChI=1S/C13H18F3NO2/c1-3-18-13(19-4-2)8-17-7-9-5-11(15)12(16)6-10(9)14/h5-6,13,17H,3-4,7-8H2,1-2H3. The first-order valence-corrected chi connectivity index (χ1v) is 6.15. The predicted molar refractivity (Wildman–Crippen MR) is 65.1 cm³/mol. The molecule has 0 amide bonds. The van der Waals surface area contributed by atoms with Gasteiger partial charge in [-0.3, -0.25) is 0 Å². The fraction of sp³-hybridized carbons (Fsp3) is 0.538. The second kappa shape index (κ2) is 8.14. The predicted octanol–water partition coefficient (Wildman–Crippen LogP) is 2.59. The lowest BCUT2D eigenvalue weighted by Crippen LogP contribution is -2.31. The zero-order valence-corrected chi connectivity index (χ0v) is 11.0. The van der Waals surface area contributed by atoms with Crippen LogP contribution in [0.1, 0.15) is 19.4 Å². The summed E-state index contributed by atoms with van der Waals surface area (Å²) >= 11 is 0. The van der Waals surface area contributed by atoms with E-state index in [2.05, 4.69) is 5.32 Å². The Morgan fingerprint density at radius 3 is 2.16 bits per heavy atom. The Morgan fingerprint density at radius 2 is 1.58 bits per heavy atom. The largest absolute Gasteiger partial charge is 0.352 e. The molecule has 0 aromatic heterocycles. The maximum atomic E-state index is 13.3. The summed E-state index contributed by atoms with van der Waals surface area (Å²) in [4.78, 5) is 0. The van der Waals surface area contributed by atoms with Crippen LogP contribution in [0.3, 0.4) is 0 Å². The van der Waals surface area contributed by atoms with Crippen LogP contribution in [0.15, 0.2) is 12.1 Å². The van der Waals surface area contributed by atoms with E-state index in [1.54, 1.807) is 0 Å². The van der Waals surface area contributed by atoms with Crippen LogP contribution in [0.25, 0.3) is 0 Å². The normalized spacial score (nSPS) is 11.3. The second-order valence-electron chi connectivity index (χ2n) is 3.83. The summed E-state index contributed by atoms with van der Waals surface area (Å²) in [5, 5.41) is 2.88. The summed E-state index contributed by atoms with van der Waals surface area (Å²) in [6.07, 6.45) is -0.441. The fourth-order valence-corrected chi connectivity index (χ4v) is 1.56. The van der Waals surface area contributed by atoms with Gasteiger partial charge < -0.3 is 14.8 Å². The van der Waals surface area contributed by atoms with Crippen molar-refractivity contribution in [3.05, 3.63) is 35.1 Å². The van der Waals surface area contributed by atoms with Gasteiger partial charge in [-0.05, 0) is 19.9 Å². The van der Waals surface area contributed by atoms with Gasteiger partial charge in [0.2, 0.25) is 0 Å². The third-order valence-electron chi connectivity index (χ3n) is 2.42. The molecule has 0 atom stereocenters. The van der Waals surface area contributed by atoms with Gasteiger partial charge in [0.1, 0.15) is 5.82 Å². The van der Waals surface area contributed by atoms with Gasteiger partial charge in [-0.2, -0.15) is 0 Å². The van der Waals surface area contributed by atoms with Gasteiger partial charge in [-0.1, -0.05) is 0 Å².